The van der Waals surface area contributed by atoms with Gasteiger partial charge in [0.1, 0.15) is 0 Å². The minimum Gasteiger partial charge on any atom is -0.379 e. The zero-order valence-corrected chi connectivity index (χ0v) is 15.0. The highest BCUT2D eigenvalue weighted by atomic mass is 16.6. The van der Waals surface area contributed by atoms with Gasteiger partial charge in [0.05, 0.1) is 12.7 Å². The molecule has 3 heteroatoms. The molecule has 0 amide bonds. The van der Waals surface area contributed by atoms with Crippen LogP contribution in [-0.4, -0.2) is 31.2 Å². The first kappa shape index (κ1) is 18.2. The van der Waals surface area contributed by atoms with Crippen LogP contribution in [0.1, 0.15) is 72.1 Å². The largest absolute Gasteiger partial charge is 0.379 e. The van der Waals surface area contributed by atoms with Crippen LogP contribution in [0, 0.1) is 23.2 Å². The van der Waals surface area contributed by atoms with Crippen molar-refractivity contribution in [2.75, 3.05) is 13.7 Å². The average Bonchev–Trinajstić information content (AvgIpc) is 2.48. The van der Waals surface area contributed by atoms with E-state index >= 15 is 0 Å². The Morgan fingerprint density at radius 1 is 0.955 bits per heavy atom. The van der Waals surface area contributed by atoms with Crippen LogP contribution in [0.25, 0.3) is 0 Å². The van der Waals surface area contributed by atoms with E-state index in [0.717, 1.165) is 30.6 Å². The zero-order valence-electron chi connectivity index (χ0n) is 15.0. The number of rotatable bonds is 6. The third-order valence-electron chi connectivity index (χ3n) is 6.45. The molecule has 130 valence electrons. The predicted octanol–water partition coefficient (Wildman–Crippen LogP) is 4.38. The molecule has 0 aromatic carbocycles. The molecular weight excluding hydrogens is 276 g/mol. The normalized spacial score (nSPS) is 35.3. The second kappa shape index (κ2) is 8.12. The lowest BCUT2D eigenvalue weighted by Gasteiger charge is -2.46. The van der Waals surface area contributed by atoms with Crippen LogP contribution in [0.3, 0.4) is 0 Å². The van der Waals surface area contributed by atoms with Gasteiger partial charge in [-0.15, -0.1) is 0 Å². The van der Waals surface area contributed by atoms with E-state index in [9.17, 15) is 5.11 Å². The van der Waals surface area contributed by atoms with Crippen molar-refractivity contribution in [3.63, 3.8) is 0 Å². The van der Waals surface area contributed by atoms with E-state index < -0.39 is 6.29 Å². The first-order valence-electron chi connectivity index (χ1n) is 9.26. The number of hydrogen-bond donors (Lipinski definition) is 1. The molecule has 2 aliphatic rings. The number of ether oxygens (including phenoxy) is 2. The molecule has 1 N–H and O–H groups in total. The summed E-state index contributed by atoms with van der Waals surface area (Å²) < 4.78 is 10.6. The van der Waals surface area contributed by atoms with E-state index in [2.05, 4.69) is 20.8 Å². The van der Waals surface area contributed by atoms with Crippen LogP contribution in [-0.2, 0) is 9.47 Å². The molecule has 0 aromatic rings. The first-order valence-corrected chi connectivity index (χ1v) is 9.26. The monoisotopic (exact) mass is 312 g/mol. The fourth-order valence-corrected chi connectivity index (χ4v) is 4.68. The topological polar surface area (TPSA) is 38.7 Å². The van der Waals surface area contributed by atoms with E-state index in [-0.39, 0.29) is 12.7 Å². The Morgan fingerprint density at radius 2 is 1.45 bits per heavy atom. The summed E-state index contributed by atoms with van der Waals surface area (Å²) in [5.74, 6) is 2.63. The molecule has 1 atom stereocenters. The molecule has 0 bridgehead atoms. The van der Waals surface area contributed by atoms with E-state index in [1.165, 1.54) is 38.5 Å². The van der Waals surface area contributed by atoms with Crippen molar-refractivity contribution in [2.45, 2.75) is 84.5 Å². The second-order valence-corrected chi connectivity index (χ2v) is 8.30. The molecule has 2 fully saturated rings. The van der Waals surface area contributed by atoms with Crippen molar-refractivity contribution in [2.24, 2.45) is 23.2 Å². The van der Waals surface area contributed by atoms with Gasteiger partial charge in [-0.3, -0.25) is 0 Å². The molecule has 0 heterocycles. The molecule has 0 aromatic heterocycles. The minimum atomic E-state index is -0.764. The number of aliphatic hydroxyl groups excluding tert-OH is 1. The Morgan fingerprint density at radius 3 is 1.95 bits per heavy atom. The summed E-state index contributed by atoms with van der Waals surface area (Å²) in [6.45, 7) is 7.67. The van der Waals surface area contributed by atoms with Crippen molar-refractivity contribution in [1.29, 1.82) is 0 Å². The molecule has 0 radical (unpaired) electrons. The van der Waals surface area contributed by atoms with Crippen molar-refractivity contribution >= 4 is 0 Å². The number of methoxy groups -OCH3 is 1. The van der Waals surface area contributed by atoms with E-state index in [0.29, 0.717) is 5.41 Å². The molecule has 22 heavy (non-hydrogen) atoms. The Kier molecular flexibility index (Phi) is 6.73. The van der Waals surface area contributed by atoms with E-state index in [1.54, 1.807) is 7.11 Å². The highest BCUT2D eigenvalue weighted by Crippen LogP contribution is 2.49. The van der Waals surface area contributed by atoms with Gasteiger partial charge in [0.25, 0.3) is 0 Å². The molecule has 2 saturated carbocycles. The van der Waals surface area contributed by atoms with Crippen LogP contribution >= 0.6 is 0 Å². The lowest BCUT2D eigenvalue weighted by molar-refractivity contribution is -0.172. The molecule has 1 unspecified atom stereocenters. The molecule has 0 saturated heterocycles. The number of aliphatic hydroxyl groups is 1. The molecular formula is C19H36O3. The van der Waals surface area contributed by atoms with Gasteiger partial charge in [0.15, 0.2) is 6.29 Å². The summed E-state index contributed by atoms with van der Waals surface area (Å²) in [4.78, 5) is 0. The molecule has 0 spiro atoms. The third kappa shape index (κ3) is 4.69. The van der Waals surface area contributed by atoms with Gasteiger partial charge in [-0.25, -0.2) is 0 Å². The Bertz CT molecular complexity index is 313. The SMILES string of the molecule is COCC(O)OC1CCC(C(C)(C)C2CCC(C)CC2)CC1. The van der Waals surface area contributed by atoms with Gasteiger partial charge in [-0.2, -0.15) is 0 Å². The summed E-state index contributed by atoms with van der Waals surface area (Å²) in [6, 6.07) is 0. The fraction of sp³-hybridized carbons (Fsp3) is 1.00. The van der Waals surface area contributed by atoms with Gasteiger partial charge in [-0.05, 0) is 61.7 Å². The zero-order chi connectivity index (χ0) is 16.2. The van der Waals surface area contributed by atoms with Gasteiger partial charge in [-0.1, -0.05) is 33.6 Å². The number of hydrogen-bond acceptors (Lipinski definition) is 3. The highest BCUT2D eigenvalue weighted by Gasteiger charge is 2.40. The maximum atomic E-state index is 9.71. The van der Waals surface area contributed by atoms with Crippen LogP contribution in [0.5, 0.6) is 0 Å². The molecule has 0 aliphatic heterocycles. The molecule has 2 aliphatic carbocycles. The Labute approximate surface area is 136 Å². The maximum absolute atomic E-state index is 9.71. The lowest BCUT2D eigenvalue weighted by Crippen LogP contribution is -2.38. The molecule has 2 rings (SSSR count). The van der Waals surface area contributed by atoms with E-state index in [4.69, 9.17) is 9.47 Å². The summed E-state index contributed by atoms with van der Waals surface area (Å²) in [5, 5.41) is 9.71. The van der Waals surface area contributed by atoms with Crippen LogP contribution in [0.15, 0.2) is 0 Å². The van der Waals surface area contributed by atoms with Crippen LogP contribution < -0.4 is 0 Å². The first-order chi connectivity index (χ1) is 10.4. The van der Waals surface area contributed by atoms with Gasteiger partial charge >= 0.3 is 0 Å². The van der Waals surface area contributed by atoms with Gasteiger partial charge in [0, 0.05) is 7.11 Å². The summed E-state index contributed by atoms with van der Waals surface area (Å²) in [6.07, 6.45) is 9.74. The predicted molar refractivity (Wildman–Crippen MR) is 89.6 cm³/mol. The van der Waals surface area contributed by atoms with E-state index in [1.807, 2.05) is 0 Å². The standard InChI is InChI=1S/C19H36O3/c1-14-5-7-15(8-6-14)19(2,3)16-9-11-17(12-10-16)22-18(20)13-21-4/h14-18,20H,5-13H2,1-4H3. The smallest absolute Gasteiger partial charge is 0.178 e. The van der Waals surface area contributed by atoms with Crippen molar-refractivity contribution < 1.29 is 14.6 Å². The highest BCUT2D eigenvalue weighted by molar-refractivity contribution is 4.90. The van der Waals surface area contributed by atoms with Crippen molar-refractivity contribution in [3.05, 3.63) is 0 Å². The van der Waals surface area contributed by atoms with Crippen LogP contribution in [0.2, 0.25) is 0 Å². The maximum Gasteiger partial charge on any atom is 0.178 e. The summed E-state index contributed by atoms with van der Waals surface area (Å²) in [7, 11) is 1.59. The quantitative estimate of drug-likeness (QED) is 0.740. The minimum absolute atomic E-state index is 0.212. The second-order valence-electron chi connectivity index (χ2n) is 8.30. The van der Waals surface area contributed by atoms with Gasteiger partial charge < -0.3 is 14.6 Å². The summed E-state index contributed by atoms with van der Waals surface area (Å²) >= 11 is 0. The Hall–Kier alpha value is -0.120. The average molecular weight is 312 g/mol. The van der Waals surface area contributed by atoms with Crippen molar-refractivity contribution in [1.82, 2.24) is 0 Å². The lowest BCUT2D eigenvalue weighted by atomic mass is 9.60. The van der Waals surface area contributed by atoms with Gasteiger partial charge in [0.2, 0.25) is 0 Å². The fourth-order valence-electron chi connectivity index (χ4n) is 4.68. The third-order valence-corrected chi connectivity index (χ3v) is 6.45. The Balaban J connectivity index is 1.80. The summed E-state index contributed by atoms with van der Waals surface area (Å²) in [5.41, 5.74) is 0.455. The molecule has 3 nitrogen and oxygen atoms in total. The van der Waals surface area contributed by atoms with Crippen molar-refractivity contribution in [3.8, 4) is 0 Å². The van der Waals surface area contributed by atoms with Crippen LogP contribution in [0.4, 0.5) is 0 Å².